The van der Waals surface area contributed by atoms with E-state index in [-0.39, 0.29) is 12.5 Å². The van der Waals surface area contributed by atoms with Gasteiger partial charge in [-0.3, -0.25) is 4.79 Å². The first-order chi connectivity index (χ1) is 12.2. The average Bonchev–Trinajstić information content (AvgIpc) is 2.60. The fourth-order valence-electron chi connectivity index (χ4n) is 2.06. The highest BCUT2D eigenvalue weighted by molar-refractivity contribution is 5.94. The number of nitrogens with zero attached hydrogens (tertiary/aromatic N) is 3. The molecule has 0 aliphatic carbocycles. The summed E-state index contributed by atoms with van der Waals surface area (Å²) in [5.74, 6) is 0.283. The molecule has 26 heavy (non-hydrogen) atoms. The van der Waals surface area contributed by atoms with Gasteiger partial charge in [0.05, 0.1) is 20.8 Å². The Hall–Kier alpha value is -3.04. The first-order valence-corrected chi connectivity index (χ1v) is 7.37. The zero-order valence-electron chi connectivity index (χ0n) is 14.3. The van der Waals surface area contributed by atoms with E-state index in [0.717, 1.165) is 12.3 Å². The van der Waals surface area contributed by atoms with Crippen molar-refractivity contribution in [2.75, 3.05) is 38.0 Å². The Labute approximate surface area is 147 Å². The number of methoxy groups -OCH3 is 2. The Kier molecular flexibility index (Phi) is 5.86. The van der Waals surface area contributed by atoms with Gasteiger partial charge in [0.2, 0.25) is 11.9 Å². The molecule has 1 heterocycles. The van der Waals surface area contributed by atoms with Crippen LogP contribution < -0.4 is 19.7 Å². The number of halogens is 3. The second-order valence-corrected chi connectivity index (χ2v) is 5.25. The van der Waals surface area contributed by atoms with E-state index in [1.165, 1.54) is 26.2 Å². The molecule has 2 aromatic rings. The molecule has 0 radical (unpaired) electrons. The molecule has 0 saturated carbocycles. The second kappa shape index (κ2) is 7.89. The normalized spacial score (nSPS) is 11.0. The van der Waals surface area contributed by atoms with Crippen LogP contribution in [-0.4, -0.2) is 43.7 Å². The summed E-state index contributed by atoms with van der Waals surface area (Å²) >= 11 is 0. The maximum atomic E-state index is 12.7. The second-order valence-electron chi connectivity index (χ2n) is 5.25. The van der Waals surface area contributed by atoms with Crippen molar-refractivity contribution in [1.29, 1.82) is 0 Å². The molecule has 0 saturated heterocycles. The Balaban J connectivity index is 2.08. The summed E-state index contributed by atoms with van der Waals surface area (Å²) in [5.41, 5.74) is -0.656. The third-order valence-electron chi connectivity index (χ3n) is 3.29. The molecule has 0 aliphatic rings. The smallest absolute Gasteiger partial charge is 0.433 e. The number of alkyl halides is 3. The number of carbonyl (C=O) groups is 1. The van der Waals surface area contributed by atoms with Crippen LogP contribution in [0.2, 0.25) is 0 Å². The Morgan fingerprint density at radius 1 is 1.19 bits per heavy atom. The van der Waals surface area contributed by atoms with Crippen LogP contribution in [0.4, 0.5) is 24.8 Å². The van der Waals surface area contributed by atoms with Gasteiger partial charge < -0.3 is 19.7 Å². The highest BCUT2D eigenvalue weighted by Gasteiger charge is 2.33. The molecule has 2 rings (SSSR count). The van der Waals surface area contributed by atoms with Crippen LogP contribution in [0.3, 0.4) is 0 Å². The molecule has 7 nitrogen and oxygen atoms in total. The van der Waals surface area contributed by atoms with Crippen molar-refractivity contribution in [3.63, 3.8) is 0 Å². The number of hydrogen-bond acceptors (Lipinski definition) is 6. The molecule has 1 amide bonds. The molecule has 0 atom stereocenters. The molecular formula is C16H17F3N4O3. The van der Waals surface area contributed by atoms with Crippen molar-refractivity contribution >= 4 is 17.5 Å². The Bertz CT molecular complexity index is 761. The van der Waals surface area contributed by atoms with Gasteiger partial charge in [0.15, 0.2) is 0 Å². The summed E-state index contributed by atoms with van der Waals surface area (Å²) < 4.78 is 48.3. The van der Waals surface area contributed by atoms with Crippen molar-refractivity contribution in [2.45, 2.75) is 6.18 Å². The number of amides is 1. The number of hydrogen-bond donors (Lipinski definition) is 1. The SMILES string of the molecule is COc1cc(NC(=O)CN(C)c2nccc(C(F)(F)F)n2)cc(OC)c1. The molecule has 0 fully saturated rings. The van der Waals surface area contributed by atoms with Crippen LogP contribution in [0.15, 0.2) is 30.5 Å². The molecule has 0 aliphatic heterocycles. The van der Waals surface area contributed by atoms with Crippen molar-refractivity contribution in [3.8, 4) is 11.5 Å². The van der Waals surface area contributed by atoms with Gasteiger partial charge in [-0.2, -0.15) is 13.2 Å². The summed E-state index contributed by atoms with van der Waals surface area (Å²) in [6.07, 6.45) is -3.59. The van der Waals surface area contributed by atoms with E-state index < -0.39 is 17.8 Å². The predicted octanol–water partition coefficient (Wildman–Crippen LogP) is 2.59. The molecule has 1 aromatic heterocycles. The lowest BCUT2D eigenvalue weighted by atomic mass is 10.2. The number of benzene rings is 1. The number of nitrogens with one attached hydrogen (secondary N) is 1. The summed E-state index contributed by atoms with van der Waals surface area (Å²) in [6, 6.07) is 5.57. The molecule has 140 valence electrons. The summed E-state index contributed by atoms with van der Waals surface area (Å²) in [6.45, 7) is -0.249. The van der Waals surface area contributed by atoms with E-state index in [1.54, 1.807) is 18.2 Å². The fourth-order valence-corrected chi connectivity index (χ4v) is 2.06. The molecule has 0 bridgehead atoms. The maximum absolute atomic E-state index is 12.7. The third-order valence-corrected chi connectivity index (χ3v) is 3.29. The number of rotatable bonds is 6. The lowest BCUT2D eigenvalue weighted by Gasteiger charge is -2.18. The van der Waals surface area contributed by atoms with Gasteiger partial charge in [-0.25, -0.2) is 9.97 Å². The van der Waals surface area contributed by atoms with Crippen LogP contribution in [0.25, 0.3) is 0 Å². The number of aromatic nitrogens is 2. The van der Waals surface area contributed by atoms with Crippen LogP contribution in [0.1, 0.15) is 5.69 Å². The third kappa shape index (κ3) is 4.98. The quantitative estimate of drug-likeness (QED) is 0.842. The zero-order valence-corrected chi connectivity index (χ0v) is 14.3. The summed E-state index contributed by atoms with van der Waals surface area (Å²) in [7, 11) is 4.36. The van der Waals surface area contributed by atoms with E-state index in [1.807, 2.05) is 0 Å². The minimum absolute atomic E-state index is 0.210. The largest absolute Gasteiger partial charge is 0.497 e. The van der Waals surface area contributed by atoms with Crippen LogP contribution in [0.5, 0.6) is 11.5 Å². The predicted molar refractivity (Wildman–Crippen MR) is 88.5 cm³/mol. The number of carbonyl (C=O) groups excluding carboxylic acids is 1. The van der Waals surface area contributed by atoms with Gasteiger partial charge in [0.25, 0.3) is 0 Å². The molecule has 0 spiro atoms. The summed E-state index contributed by atoms with van der Waals surface area (Å²) in [5, 5.41) is 2.62. The Morgan fingerprint density at radius 3 is 2.35 bits per heavy atom. The van der Waals surface area contributed by atoms with Gasteiger partial charge in [0, 0.05) is 37.1 Å². The van der Waals surface area contributed by atoms with Gasteiger partial charge in [-0.05, 0) is 6.07 Å². The van der Waals surface area contributed by atoms with Gasteiger partial charge in [-0.15, -0.1) is 0 Å². The molecular weight excluding hydrogens is 353 g/mol. The van der Waals surface area contributed by atoms with Gasteiger partial charge in [-0.1, -0.05) is 0 Å². The first-order valence-electron chi connectivity index (χ1n) is 7.37. The van der Waals surface area contributed by atoms with Gasteiger partial charge in [0.1, 0.15) is 17.2 Å². The molecule has 10 heteroatoms. The van der Waals surface area contributed by atoms with Crippen molar-refractivity contribution in [2.24, 2.45) is 0 Å². The minimum atomic E-state index is -4.59. The van der Waals surface area contributed by atoms with Crippen molar-refractivity contribution in [3.05, 3.63) is 36.2 Å². The van der Waals surface area contributed by atoms with Crippen LogP contribution >= 0.6 is 0 Å². The van der Waals surface area contributed by atoms with Crippen molar-refractivity contribution < 1.29 is 27.4 Å². The van der Waals surface area contributed by atoms with E-state index in [4.69, 9.17) is 9.47 Å². The zero-order chi connectivity index (χ0) is 19.3. The standard InChI is InChI=1S/C16H17F3N4O3/c1-23(15-20-5-4-13(22-15)16(17,18)19)9-14(24)21-10-6-11(25-2)8-12(7-10)26-3/h4-8H,9H2,1-3H3,(H,21,24). The minimum Gasteiger partial charge on any atom is -0.497 e. The van der Waals surface area contributed by atoms with E-state index >= 15 is 0 Å². The number of ether oxygens (including phenoxy) is 2. The lowest BCUT2D eigenvalue weighted by molar-refractivity contribution is -0.141. The molecule has 1 aromatic carbocycles. The van der Waals surface area contributed by atoms with Gasteiger partial charge >= 0.3 is 6.18 Å². The average molecular weight is 370 g/mol. The highest BCUT2D eigenvalue weighted by atomic mass is 19.4. The monoisotopic (exact) mass is 370 g/mol. The number of anilines is 2. The van der Waals surface area contributed by atoms with E-state index in [9.17, 15) is 18.0 Å². The lowest BCUT2D eigenvalue weighted by Crippen LogP contribution is -2.31. The topological polar surface area (TPSA) is 76.6 Å². The maximum Gasteiger partial charge on any atom is 0.433 e. The summed E-state index contributed by atoms with van der Waals surface area (Å²) in [4.78, 5) is 20.6. The van der Waals surface area contributed by atoms with Crippen LogP contribution in [-0.2, 0) is 11.0 Å². The fraction of sp³-hybridized carbons (Fsp3) is 0.312. The van der Waals surface area contributed by atoms with Crippen molar-refractivity contribution in [1.82, 2.24) is 9.97 Å². The van der Waals surface area contributed by atoms with E-state index in [2.05, 4.69) is 15.3 Å². The Morgan fingerprint density at radius 2 is 1.81 bits per heavy atom. The van der Waals surface area contributed by atoms with E-state index in [0.29, 0.717) is 17.2 Å². The number of likely N-dealkylation sites (N-methyl/N-ethyl adjacent to an activating group) is 1. The molecule has 0 unspecified atom stereocenters. The molecule has 1 N–H and O–H groups in total. The highest BCUT2D eigenvalue weighted by Crippen LogP contribution is 2.28. The first kappa shape index (κ1) is 19.3. The van der Waals surface area contributed by atoms with Crippen LogP contribution in [0, 0.1) is 0 Å².